The molecule has 1 aliphatic rings. The summed E-state index contributed by atoms with van der Waals surface area (Å²) < 4.78 is 7.71. The molecule has 1 aliphatic heterocycles. The van der Waals surface area contributed by atoms with Gasteiger partial charge in [-0.15, -0.1) is 11.8 Å². The fourth-order valence-electron chi connectivity index (χ4n) is 5.70. The highest BCUT2D eigenvalue weighted by Gasteiger charge is 2.26. The number of amides is 2. The summed E-state index contributed by atoms with van der Waals surface area (Å²) in [6.07, 6.45) is 7.79. The number of rotatable bonds is 15. The molecule has 0 aliphatic carbocycles. The molecule has 0 bridgehead atoms. The maximum absolute atomic E-state index is 13.3. The van der Waals surface area contributed by atoms with E-state index >= 15 is 0 Å². The van der Waals surface area contributed by atoms with Gasteiger partial charge in [0.2, 0.25) is 5.91 Å². The minimum atomic E-state index is -1.02. The van der Waals surface area contributed by atoms with Gasteiger partial charge in [0.05, 0.1) is 25.0 Å². The van der Waals surface area contributed by atoms with Crippen LogP contribution in [0.3, 0.4) is 0 Å². The minimum absolute atomic E-state index is 0.0652. The quantitative estimate of drug-likeness (QED) is 0.124. The lowest BCUT2D eigenvalue weighted by Gasteiger charge is -2.30. The molecule has 252 valence electrons. The number of hydrogen-bond donors (Lipinski definition) is 2. The lowest BCUT2D eigenvalue weighted by Crippen LogP contribution is -2.40. The monoisotopic (exact) mass is 688 g/mol. The maximum Gasteiger partial charge on any atom is 0.326 e. The number of benzene rings is 3. The van der Waals surface area contributed by atoms with Crippen LogP contribution in [0.5, 0.6) is 5.75 Å². The van der Waals surface area contributed by atoms with Crippen molar-refractivity contribution in [2.45, 2.75) is 69.9 Å². The summed E-state index contributed by atoms with van der Waals surface area (Å²) in [5.74, 6) is 0.161. The first-order valence-electron chi connectivity index (χ1n) is 16.3. The number of carboxylic acid groups (broad SMARTS) is 1. The third-order valence-electron chi connectivity index (χ3n) is 8.34. The Kier molecular flexibility index (Phi) is 12.2. The summed E-state index contributed by atoms with van der Waals surface area (Å²) in [6, 6.07) is 17.8. The first kappa shape index (κ1) is 35.0. The number of aromatic nitrogens is 2. The van der Waals surface area contributed by atoms with E-state index in [-0.39, 0.29) is 5.91 Å². The lowest BCUT2D eigenvalue weighted by atomic mass is 10.1. The average molecular weight is 689 g/mol. The van der Waals surface area contributed by atoms with Crippen molar-refractivity contribution in [3.63, 3.8) is 0 Å². The second-order valence-corrected chi connectivity index (χ2v) is 13.4. The van der Waals surface area contributed by atoms with Gasteiger partial charge in [-0.25, -0.2) is 4.79 Å². The SMILES string of the molecule is CCCCC[C@H](NC(=O)c1cccc(Cn2cc(-c3cccc4c3SCCN4C(=O)CCCOc3cccc(Cl)c3C)cn2)c1)C(=O)O. The van der Waals surface area contributed by atoms with Crippen molar-refractivity contribution in [3.05, 3.63) is 94.8 Å². The van der Waals surface area contributed by atoms with Crippen LogP contribution in [0.1, 0.15) is 66.9 Å². The normalized spacial score (nSPS) is 13.1. The summed E-state index contributed by atoms with van der Waals surface area (Å²) in [6.45, 7) is 5.47. The van der Waals surface area contributed by atoms with Crippen molar-refractivity contribution in [1.82, 2.24) is 15.1 Å². The van der Waals surface area contributed by atoms with Crippen molar-refractivity contribution >= 4 is 46.8 Å². The molecule has 0 saturated heterocycles. The van der Waals surface area contributed by atoms with E-state index in [1.54, 1.807) is 30.0 Å². The van der Waals surface area contributed by atoms with Gasteiger partial charge in [0.15, 0.2) is 0 Å². The van der Waals surface area contributed by atoms with Crippen LogP contribution in [0.15, 0.2) is 78.0 Å². The summed E-state index contributed by atoms with van der Waals surface area (Å²) >= 11 is 7.93. The number of carbonyl (C=O) groups is 3. The summed E-state index contributed by atoms with van der Waals surface area (Å²) in [5.41, 5.74) is 5.02. The van der Waals surface area contributed by atoms with Gasteiger partial charge in [0.1, 0.15) is 11.8 Å². The molecule has 3 aromatic carbocycles. The molecule has 9 nitrogen and oxygen atoms in total. The molecule has 1 aromatic heterocycles. The largest absolute Gasteiger partial charge is 0.493 e. The van der Waals surface area contributed by atoms with Gasteiger partial charge in [-0.3, -0.25) is 14.3 Å². The molecule has 0 saturated carbocycles. The fourth-order valence-corrected chi connectivity index (χ4v) is 7.02. The van der Waals surface area contributed by atoms with Gasteiger partial charge >= 0.3 is 5.97 Å². The average Bonchev–Trinajstić information content (AvgIpc) is 3.55. The van der Waals surface area contributed by atoms with Gasteiger partial charge in [0, 0.05) is 57.1 Å². The number of nitrogens with zero attached hydrogens (tertiary/aromatic N) is 3. The molecular formula is C37H41ClN4O5S. The van der Waals surface area contributed by atoms with Crippen molar-refractivity contribution in [2.75, 3.05) is 23.8 Å². The molecule has 1 atom stereocenters. The van der Waals surface area contributed by atoms with Crippen LogP contribution in [-0.4, -0.2) is 57.6 Å². The predicted molar refractivity (Wildman–Crippen MR) is 190 cm³/mol. The van der Waals surface area contributed by atoms with E-state index in [2.05, 4.69) is 17.3 Å². The zero-order valence-electron chi connectivity index (χ0n) is 27.3. The van der Waals surface area contributed by atoms with Crippen LogP contribution in [-0.2, 0) is 16.1 Å². The topological polar surface area (TPSA) is 114 Å². The number of aliphatic carboxylic acids is 1. The van der Waals surface area contributed by atoms with E-state index in [9.17, 15) is 19.5 Å². The highest BCUT2D eigenvalue weighted by Crippen LogP contribution is 2.42. The third-order valence-corrected chi connectivity index (χ3v) is 9.85. The van der Waals surface area contributed by atoms with Crippen molar-refractivity contribution in [3.8, 4) is 16.9 Å². The second kappa shape index (κ2) is 16.7. The molecule has 0 radical (unpaired) electrons. The number of thioether (sulfide) groups is 1. The number of fused-ring (bicyclic) bond motifs is 1. The van der Waals surface area contributed by atoms with E-state index < -0.39 is 17.9 Å². The zero-order valence-corrected chi connectivity index (χ0v) is 28.9. The molecule has 0 fully saturated rings. The molecule has 48 heavy (non-hydrogen) atoms. The molecular weight excluding hydrogens is 648 g/mol. The fraction of sp³-hybridized carbons (Fsp3) is 0.351. The van der Waals surface area contributed by atoms with Gasteiger partial charge in [-0.2, -0.15) is 5.10 Å². The Bertz CT molecular complexity index is 1760. The Balaban J connectivity index is 1.22. The van der Waals surface area contributed by atoms with Crippen LogP contribution in [0.25, 0.3) is 11.1 Å². The third kappa shape index (κ3) is 8.79. The van der Waals surface area contributed by atoms with Crippen LogP contribution in [0.2, 0.25) is 5.02 Å². The number of anilines is 1. The molecule has 2 amide bonds. The second-order valence-electron chi connectivity index (χ2n) is 11.8. The van der Waals surface area contributed by atoms with Crippen LogP contribution >= 0.6 is 23.4 Å². The lowest BCUT2D eigenvalue weighted by molar-refractivity contribution is -0.139. The van der Waals surface area contributed by atoms with E-state index in [0.717, 1.165) is 63.6 Å². The van der Waals surface area contributed by atoms with Crippen molar-refractivity contribution in [2.24, 2.45) is 0 Å². The molecule has 0 unspecified atom stereocenters. The molecule has 11 heteroatoms. The standard InChI is InChI=1S/C37H41ClN4O5S/c1-3-4-5-14-31(37(45)46)40-36(44)27-11-6-10-26(21-27)23-41-24-28(22-39-41)29-12-7-15-32-35(29)48-20-18-42(32)34(43)17-9-19-47-33-16-8-13-30(38)25(33)2/h6-8,10-13,15-16,21-22,24,31H,3-5,9,14,17-20,23H2,1-2H3,(H,40,44)(H,45,46)/t31-/m0/s1. The van der Waals surface area contributed by atoms with Crippen molar-refractivity contribution in [1.29, 1.82) is 0 Å². The number of ether oxygens (including phenoxy) is 1. The van der Waals surface area contributed by atoms with E-state index in [0.29, 0.717) is 49.5 Å². The maximum atomic E-state index is 13.3. The summed E-state index contributed by atoms with van der Waals surface area (Å²) in [5, 5.41) is 17.5. The Morgan fingerprint density at radius 2 is 1.90 bits per heavy atom. The highest BCUT2D eigenvalue weighted by molar-refractivity contribution is 7.99. The Hall–Kier alpha value is -4.28. The van der Waals surface area contributed by atoms with E-state index in [1.165, 1.54) is 0 Å². The number of carbonyl (C=O) groups excluding carboxylic acids is 2. The molecule has 5 rings (SSSR count). The van der Waals surface area contributed by atoms with Crippen LogP contribution in [0, 0.1) is 6.92 Å². The zero-order chi connectivity index (χ0) is 34.0. The summed E-state index contributed by atoms with van der Waals surface area (Å²) in [7, 11) is 0. The Labute approximate surface area is 290 Å². The van der Waals surface area contributed by atoms with Gasteiger partial charge in [-0.1, -0.05) is 68.1 Å². The number of carboxylic acids is 1. The molecule has 2 N–H and O–H groups in total. The Morgan fingerprint density at radius 3 is 2.71 bits per heavy atom. The van der Waals surface area contributed by atoms with Crippen LogP contribution < -0.4 is 15.0 Å². The molecule has 0 spiro atoms. The summed E-state index contributed by atoms with van der Waals surface area (Å²) in [4.78, 5) is 40.9. The minimum Gasteiger partial charge on any atom is -0.493 e. The number of nitrogens with one attached hydrogen (secondary N) is 1. The van der Waals surface area contributed by atoms with Gasteiger partial charge in [0.25, 0.3) is 5.91 Å². The number of unbranched alkanes of at least 4 members (excludes halogenated alkanes) is 2. The van der Waals surface area contributed by atoms with Crippen LogP contribution in [0.4, 0.5) is 5.69 Å². The van der Waals surface area contributed by atoms with E-state index in [4.69, 9.17) is 16.3 Å². The van der Waals surface area contributed by atoms with Crippen molar-refractivity contribution < 1.29 is 24.2 Å². The molecule has 4 aromatic rings. The Morgan fingerprint density at radius 1 is 1.08 bits per heavy atom. The van der Waals surface area contributed by atoms with Gasteiger partial charge in [-0.05, 0) is 55.7 Å². The first-order valence-corrected chi connectivity index (χ1v) is 17.7. The number of hydrogen-bond acceptors (Lipinski definition) is 6. The van der Waals surface area contributed by atoms with Gasteiger partial charge < -0.3 is 20.1 Å². The smallest absolute Gasteiger partial charge is 0.326 e. The predicted octanol–water partition coefficient (Wildman–Crippen LogP) is 7.62. The number of halogens is 1. The highest BCUT2D eigenvalue weighted by atomic mass is 35.5. The molecule has 2 heterocycles. The first-order chi connectivity index (χ1) is 23.2. The van der Waals surface area contributed by atoms with E-state index in [1.807, 2.05) is 71.4 Å².